The molecule has 0 fully saturated rings. The summed E-state index contributed by atoms with van der Waals surface area (Å²) in [6.45, 7) is 0. The number of carbonyl (C=O) groups excluding carboxylic acids is 1. The minimum Gasteiger partial charge on any atom is -0.329 e. The number of aromatic nitrogens is 2. The monoisotopic (exact) mass is 297 g/mol. The number of amides is 1. The molecule has 104 valence electrons. The van der Waals surface area contributed by atoms with Crippen molar-refractivity contribution in [3.8, 4) is 10.6 Å². The Kier molecular flexibility index (Phi) is 3.61. The molecule has 0 bridgehead atoms. The van der Waals surface area contributed by atoms with Crippen LogP contribution in [0.15, 0.2) is 59.0 Å². The molecule has 0 saturated heterocycles. The van der Waals surface area contributed by atoms with Gasteiger partial charge in [0.2, 0.25) is 5.56 Å². The Morgan fingerprint density at radius 1 is 1.24 bits per heavy atom. The maximum absolute atomic E-state index is 12.1. The molecular formula is C15H11N3O2S. The van der Waals surface area contributed by atoms with Gasteiger partial charge in [0.05, 0.1) is 0 Å². The van der Waals surface area contributed by atoms with E-state index in [1.54, 1.807) is 18.3 Å². The van der Waals surface area contributed by atoms with Crippen molar-refractivity contribution in [1.29, 1.82) is 0 Å². The van der Waals surface area contributed by atoms with Crippen LogP contribution in [0, 0.1) is 0 Å². The van der Waals surface area contributed by atoms with Crippen LogP contribution >= 0.6 is 11.3 Å². The van der Waals surface area contributed by atoms with Crippen LogP contribution in [0.4, 0.5) is 5.69 Å². The SMILES string of the molecule is O=C(Nc1cccc(-c2nccs2)c1)c1cc[nH]c(=O)c1. The standard InChI is InChI=1S/C15H11N3O2S/c19-13-9-10(4-5-16-13)14(20)18-12-3-1-2-11(8-12)15-17-6-7-21-15/h1-9H,(H,16,19)(H,18,20). The van der Waals surface area contributed by atoms with Crippen LogP contribution in [0.3, 0.4) is 0 Å². The molecular weight excluding hydrogens is 286 g/mol. The average molecular weight is 297 g/mol. The number of benzene rings is 1. The van der Waals surface area contributed by atoms with Gasteiger partial charge in [0.1, 0.15) is 5.01 Å². The van der Waals surface area contributed by atoms with E-state index < -0.39 is 0 Å². The number of nitrogens with one attached hydrogen (secondary N) is 2. The molecule has 2 N–H and O–H groups in total. The lowest BCUT2D eigenvalue weighted by atomic mass is 10.2. The topological polar surface area (TPSA) is 74.8 Å². The number of thiazole rings is 1. The quantitative estimate of drug-likeness (QED) is 0.780. The largest absolute Gasteiger partial charge is 0.329 e. The first-order valence-electron chi connectivity index (χ1n) is 6.22. The van der Waals surface area contributed by atoms with Gasteiger partial charge in [0, 0.05) is 40.7 Å². The van der Waals surface area contributed by atoms with Crippen molar-refractivity contribution in [2.24, 2.45) is 0 Å². The van der Waals surface area contributed by atoms with Gasteiger partial charge in [-0.25, -0.2) is 4.98 Å². The van der Waals surface area contributed by atoms with Gasteiger partial charge in [0.25, 0.3) is 5.91 Å². The van der Waals surface area contributed by atoms with E-state index in [0.717, 1.165) is 10.6 Å². The lowest BCUT2D eigenvalue weighted by Gasteiger charge is -2.06. The summed E-state index contributed by atoms with van der Waals surface area (Å²) >= 11 is 1.53. The van der Waals surface area contributed by atoms with Crippen LogP contribution in [0.2, 0.25) is 0 Å². The second-order valence-electron chi connectivity index (χ2n) is 4.31. The van der Waals surface area contributed by atoms with Crippen molar-refractivity contribution in [3.05, 3.63) is 70.1 Å². The molecule has 5 nitrogen and oxygen atoms in total. The van der Waals surface area contributed by atoms with E-state index in [4.69, 9.17) is 0 Å². The fraction of sp³-hybridized carbons (Fsp3) is 0. The van der Waals surface area contributed by atoms with Crippen LogP contribution in [0.25, 0.3) is 10.6 Å². The van der Waals surface area contributed by atoms with E-state index >= 15 is 0 Å². The van der Waals surface area contributed by atoms with E-state index in [9.17, 15) is 9.59 Å². The Morgan fingerprint density at radius 2 is 2.14 bits per heavy atom. The van der Waals surface area contributed by atoms with Gasteiger partial charge in [-0.05, 0) is 18.2 Å². The summed E-state index contributed by atoms with van der Waals surface area (Å²) < 4.78 is 0. The Bertz CT molecular complexity index is 825. The number of aromatic amines is 1. The molecule has 0 saturated carbocycles. The molecule has 3 aromatic rings. The predicted molar refractivity (Wildman–Crippen MR) is 82.6 cm³/mol. The van der Waals surface area contributed by atoms with Gasteiger partial charge < -0.3 is 10.3 Å². The number of carbonyl (C=O) groups is 1. The zero-order chi connectivity index (χ0) is 14.7. The first kappa shape index (κ1) is 13.3. The first-order valence-corrected chi connectivity index (χ1v) is 7.10. The first-order chi connectivity index (χ1) is 10.2. The maximum Gasteiger partial charge on any atom is 0.255 e. The smallest absolute Gasteiger partial charge is 0.255 e. The summed E-state index contributed by atoms with van der Waals surface area (Å²) in [7, 11) is 0. The summed E-state index contributed by atoms with van der Waals surface area (Å²) in [5.41, 5.74) is 1.61. The van der Waals surface area contributed by atoms with Crippen LogP contribution in [0.5, 0.6) is 0 Å². The highest BCUT2D eigenvalue weighted by Gasteiger charge is 2.08. The van der Waals surface area contributed by atoms with Gasteiger partial charge >= 0.3 is 0 Å². The Labute approximate surface area is 124 Å². The highest BCUT2D eigenvalue weighted by atomic mass is 32.1. The normalized spacial score (nSPS) is 10.3. The number of hydrogen-bond donors (Lipinski definition) is 2. The summed E-state index contributed by atoms with van der Waals surface area (Å²) in [5.74, 6) is -0.322. The minimum atomic E-state index is -0.322. The van der Waals surface area contributed by atoms with E-state index in [0.29, 0.717) is 11.3 Å². The maximum atomic E-state index is 12.1. The molecule has 0 radical (unpaired) electrons. The number of anilines is 1. The average Bonchev–Trinajstić information content (AvgIpc) is 3.02. The van der Waals surface area contributed by atoms with Crippen molar-refractivity contribution >= 4 is 22.9 Å². The molecule has 0 spiro atoms. The van der Waals surface area contributed by atoms with Crippen LogP contribution in [-0.2, 0) is 0 Å². The summed E-state index contributed by atoms with van der Waals surface area (Å²) in [5, 5.41) is 5.56. The molecule has 0 aliphatic carbocycles. The molecule has 3 rings (SSSR count). The van der Waals surface area contributed by atoms with Crippen molar-refractivity contribution in [3.63, 3.8) is 0 Å². The Morgan fingerprint density at radius 3 is 2.90 bits per heavy atom. The fourth-order valence-corrected chi connectivity index (χ4v) is 2.52. The molecule has 2 aromatic heterocycles. The minimum absolute atomic E-state index is 0.306. The molecule has 0 unspecified atom stereocenters. The zero-order valence-electron chi connectivity index (χ0n) is 10.9. The summed E-state index contributed by atoms with van der Waals surface area (Å²) in [6.07, 6.45) is 3.19. The molecule has 1 aromatic carbocycles. The van der Waals surface area contributed by atoms with Gasteiger partial charge in [-0.1, -0.05) is 12.1 Å². The highest BCUT2D eigenvalue weighted by Crippen LogP contribution is 2.24. The van der Waals surface area contributed by atoms with E-state index in [2.05, 4.69) is 15.3 Å². The van der Waals surface area contributed by atoms with Crippen molar-refractivity contribution in [2.75, 3.05) is 5.32 Å². The van der Waals surface area contributed by atoms with E-state index in [1.165, 1.54) is 23.6 Å². The highest BCUT2D eigenvalue weighted by molar-refractivity contribution is 7.13. The number of pyridine rings is 1. The zero-order valence-corrected chi connectivity index (χ0v) is 11.7. The summed E-state index contributed by atoms with van der Waals surface area (Å²) in [6, 6.07) is 10.2. The predicted octanol–water partition coefficient (Wildman–Crippen LogP) is 2.75. The van der Waals surface area contributed by atoms with Crippen LogP contribution in [0.1, 0.15) is 10.4 Å². The van der Waals surface area contributed by atoms with Gasteiger partial charge in [-0.2, -0.15) is 0 Å². The number of hydrogen-bond acceptors (Lipinski definition) is 4. The lowest BCUT2D eigenvalue weighted by molar-refractivity contribution is 0.102. The number of H-pyrrole nitrogens is 1. The Balaban J connectivity index is 1.84. The van der Waals surface area contributed by atoms with Crippen molar-refractivity contribution in [2.45, 2.75) is 0 Å². The van der Waals surface area contributed by atoms with Crippen LogP contribution in [-0.4, -0.2) is 15.9 Å². The lowest BCUT2D eigenvalue weighted by Crippen LogP contribution is -2.15. The van der Waals surface area contributed by atoms with E-state index in [1.807, 2.05) is 23.6 Å². The third kappa shape index (κ3) is 3.06. The van der Waals surface area contributed by atoms with Gasteiger partial charge in [-0.15, -0.1) is 11.3 Å². The summed E-state index contributed by atoms with van der Waals surface area (Å²) in [4.78, 5) is 30.0. The third-order valence-electron chi connectivity index (χ3n) is 2.84. The molecule has 0 aliphatic rings. The number of rotatable bonds is 3. The second-order valence-corrected chi connectivity index (χ2v) is 5.21. The van der Waals surface area contributed by atoms with Crippen molar-refractivity contribution in [1.82, 2.24) is 9.97 Å². The molecule has 6 heteroatoms. The molecule has 1 amide bonds. The fourth-order valence-electron chi connectivity index (χ4n) is 1.89. The molecule has 21 heavy (non-hydrogen) atoms. The van der Waals surface area contributed by atoms with Gasteiger partial charge in [-0.3, -0.25) is 9.59 Å². The van der Waals surface area contributed by atoms with Crippen LogP contribution < -0.4 is 10.9 Å². The number of nitrogens with zero attached hydrogens (tertiary/aromatic N) is 1. The molecule has 2 heterocycles. The third-order valence-corrected chi connectivity index (χ3v) is 3.66. The Hall–Kier alpha value is -2.73. The second kappa shape index (κ2) is 5.72. The van der Waals surface area contributed by atoms with Gasteiger partial charge in [0.15, 0.2) is 0 Å². The molecule has 0 aliphatic heterocycles. The van der Waals surface area contributed by atoms with Crippen molar-refractivity contribution < 1.29 is 4.79 Å². The molecule has 0 atom stereocenters. The van der Waals surface area contributed by atoms with E-state index in [-0.39, 0.29) is 11.5 Å².